The molecule has 0 spiro atoms. The summed E-state index contributed by atoms with van der Waals surface area (Å²) >= 11 is 3.19. The summed E-state index contributed by atoms with van der Waals surface area (Å²) in [5.41, 5.74) is 0. The Labute approximate surface area is 90.4 Å². The van der Waals surface area contributed by atoms with Crippen molar-refractivity contribution >= 4 is 15.9 Å². The van der Waals surface area contributed by atoms with E-state index in [0.717, 1.165) is 6.42 Å². The topological polar surface area (TPSA) is 31.4 Å². The van der Waals surface area contributed by atoms with E-state index >= 15 is 0 Å². The van der Waals surface area contributed by atoms with Gasteiger partial charge in [0.25, 0.3) is 5.95 Å². The molecule has 0 unspecified atom stereocenters. The number of halogens is 2. The molecule has 0 aliphatic carbocycles. The highest BCUT2D eigenvalue weighted by Crippen LogP contribution is 2.19. The van der Waals surface area contributed by atoms with Crippen molar-refractivity contribution in [1.29, 1.82) is 0 Å². The average Bonchev–Trinajstić information content (AvgIpc) is 2.18. The van der Waals surface area contributed by atoms with Gasteiger partial charge in [0.15, 0.2) is 5.75 Å². The smallest absolute Gasteiger partial charge is 0.255 e. The zero-order chi connectivity index (χ0) is 10.4. The monoisotopic (exact) mass is 263 g/mol. The van der Waals surface area contributed by atoms with Gasteiger partial charge in [-0.25, -0.2) is 4.98 Å². The lowest BCUT2D eigenvalue weighted by molar-refractivity contribution is 0.170. The lowest BCUT2D eigenvalue weighted by atomic mass is 10.4. The van der Waals surface area contributed by atoms with Gasteiger partial charge < -0.3 is 9.47 Å². The summed E-state index contributed by atoms with van der Waals surface area (Å²) in [5.74, 6) is -0.430. The second-order valence-corrected chi connectivity index (χ2v) is 3.55. The highest BCUT2D eigenvalue weighted by Gasteiger charge is 2.04. The molecule has 0 aromatic carbocycles. The van der Waals surface area contributed by atoms with Gasteiger partial charge in [-0.05, 0) is 15.9 Å². The lowest BCUT2D eigenvalue weighted by Crippen LogP contribution is -2.03. The number of rotatable bonds is 5. The Bertz CT molecular complexity index is 296. The van der Waals surface area contributed by atoms with Crippen LogP contribution in [0.1, 0.15) is 6.42 Å². The van der Waals surface area contributed by atoms with Crippen molar-refractivity contribution in [2.45, 2.75) is 6.42 Å². The molecule has 3 nitrogen and oxygen atoms in total. The second kappa shape index (κ2) is 5.93. The fraction of sp³-hybridized carbons (Fsp3) is 0.444. The van der Waals surface area contributed by atoms with E-state index in [1.807, 2.05) is 0 Å². The van der Waals surface area contributed by atoms with Gasteiger partial charge in [-0.3, -0.25) is 0 Å². The van der Waals surface area contributed by atoms with Crippen molar-refractivity contribution in [3.8, 4) is 5.75 Å². The maximum Gasteiger partial charge on any atom is 0.255 e. The number of hydrogen-bond donors (Lipinski definition) is 0. The first-order valence-corrected chi connectivity index (χ1v) is 4.96. The second-order valence-electron chi connectivity index (χ2n) is 2.64. The van der Waals surface area contributed by atoms with Crippen LogP contribution in [0.2, 0.25) is 0 Å². The van der Waals surface area contributed by atoms with Crippen molar-refractivity contribution in [2.75, 3.05) is 20.3 Å². The molecule has 5 heteroatoms. The molecule has 0 amide bonds. The minimum absolute atomic E-state index is 0.162. The molecule has 0 atom stereocenters. The Morgan fingerprint density at radius 2 is 2.29 bits per heavy atom. The Kier molecular flexibility index (Phi) is 4.82. The van der Waals surface area contributed by atoms with Crippen molar-refractivity contribution in [2.24, 2.45) is 0 Å². The molecular formula is C9H11BrFNO2. The maximum atomic E-state index is 13.0. The molecule has 0 aliphatic rings. The van der Waals surface area contributed by atoms with Crippen LogP contribution >= 0.6 is 15.9 Å². The molecule has 1 aromatic heterocycles. The third-order valence-corrected chi connectivity index (χ3v) is 1.96. The number of pyridine rings is 1. The first-order chi connectivity index (χ1) is 6.74. The van der Waals surface area contributed by atoms with Crippen LogP contribution in [0, 0.1) is 5.95 Å². The molecule has 78 valence electrons. The number of methoxy groups -OCH3 is 1. The van der Waals surface area contributed by atoms with Crippen LogP contribution in [-0.2, 0) is 4.74 Å². The average molecular weight is 264 g/mol. The van der Waals surface area contributed by atoms with Gasteiger partial charge in [-0.2, -0.15) is 4.39 Å². The van der Waals surface area contributed by atoms with Crippen molar-refractivity contribution in [3.63, 3.8) is 0 Å². The minimum Gasteiger partial charge on any atom is -0.489 e. The van der Waals surface area contributed by atoms with E-state index in [1.54, 1.807) is 13.2 Å². The fourth-order valence-electron chi connectivity index (χ4n) is 0.891. The molecule has 1 aromatic rings. The third kappa shape index (κ3) is 3.59. The van der Waals surface area contributed by atoms with Gasteiger partial charge in [0.1, 0.15) is 0 Å². The van der Waals surface area contributed by atoms with Crippen molar-refractivity contribution in [3.05, 3.63) is 22.7 Å². The lowest BCUT2D eigenvalue weighted by Gasteiger charge is -2.06. The molecule has 1 rings (SSSR count). The van der Waals surface area contributed by atoms with Gasteiger partial charge in [-0.15, -0.1) is 0 Å². The number of nitrogens with zero attached hydrogens (tertiary/aromatic N) is 1. The van der Waals surface area contributed by atoms with Gasteiger partial charge in [-0.1, -0.05) is 0 Å². The van der Waals surface area contributed by atoms with Crippen molar-refractivity contribution in [1.82, 2.24) is 4.98 Å². The van der Waals surface area contributed by atoms with Crippen molar-refractivity contribution < 1.29 is 13.9 Å². The Hall–Kier alpha value is -0.680. The summed E-state index contributed by atoms with van der Waals surface area (Å²) in [6.45, 7) is 1.02. The summed E-state index contributed by atoms with van der Waals surface area (Å²) in [6, 6.07) is 1.55. The summed E-state index contributed by atoms with van der Waals surface area (Å²) in [4.78, 5) is 3.51. The summed E-state index contributed by atoms with van der Waals surface area (Å²) in [6.07, 6.45) is 2.11. The molecule has 0 N–H and O–H groups in total. The standard InChI is InChI=1S/C9H11BrFNO2/c1-13-3-2-4-14-8-5-7(10)6-12-9(8)11/h5-6H,2-4H2,1H3. The maximum absolute atomic E-state index is 13.0. The predicted octanol–water partition coefficient (Wildman–Crippen LogP) is 2.40. The summed E-state index contributed by atoms with van der Waals surface area (Å²) in [7, 11) is 1.61. The fourth-order valence-corrected chi connectivity index (χ4v) is 1.20. The summed E-state index contributed by atoms with van der Waals surface area (Å²) in [5, 5.41) is 0. The largest absolute Gasteiger partial charge is 0.489 e. The SMILES string of the molecule is COCCCOc1cc(Br)cnc1F. The molecular weight excluding hydrogens is 253 g/mol. The predicted molar refractivity (Wildman–Crippen MR) is 53.9 cm³/mol. The highest BCUT2D eigenvalue weighted by molar-refractivity contribution is 9.10. The van der Waals surface area contributed by atoms with E-state index in [2.05, 4.69) is 20.9 Å². The van der Waals surface area contributed by atoms with E-state index in [4.69, 9.17) is 9.47 Å². The zero-order valence-electron chi connectivity index (χ0n) is 7.80. The van der Waals surface area contributed by atoms with E-state index in [9.17, 15) is 4.39 Å². The van der Waals surface area contributed by atoms with Crippen LogP contribution in [0.15, 0.2) is 16.7 Å². The third-order valence-electron chi connectivity index (χ3n) is 1.52. The van der Waals surface area contributed by atoms with Crippen LogP contribution < -0.4 is 4.74 Å². The van der Waals surface area contributed by atoms with Gasteiger partial charge in [0.05, 0.1) is 6.61 Å². The molecule has 0 radical (unpaired) electrons. The summed E-state index contributed by atoms with van der Waals surface area (Å²) < 4.78 is 23.7. The Balaban J connectivity index is 2.45. The van der Waals surface area contributed by atoms with Crippen LogP contribution in [0.5, 0.6) is 5.75 Å². The van der Waals surface area contributed by atoms with Gasteiger partial charge >= 0.3 is 0 Å². The quantitative estimate of drug-likeness (QED) is 0.604. The first-order valence-electron chi connectivity index (χ1n) is 4.17. The zero-order valence-corrected chi connectivity index (χ0v) is 9.38. The Morgan fingerprint density at radius 3 is 3.00 bits per heavy atom. The minimum atomic E-state index is -0.592. The number of hydrogen-bond acceptors (Lipinski definition) is 3. The van der Waals surface area contributed by atoms with E-state index < -0.39 is 5.95 Å². The van der Waals surface area contributed by atoms with E-state index in [-0.39, 0.29) is 5.75 Å². The number of ether oxygens (including phenoxy) is 2. The van der Waals surface area contributed by atoms with Gasteiger partial charge in [0, 0.05) is 36.9 Å². The molecule has 1 heterocycles. The van der Waals surface area contributed by atoms with E-state index in [1.165, 1.54) is 6.20 Å². The number of aromatic nitrogens is 1. The molecule has 0 bridgehead atoms. The molecule has 0 aliphatic heterocycles. The van der Waals surface area contributed by atoms with Crippen LogP contribution in [0.3, 0.4) is 0 Å². The highest BCUT2D eigenvalue weighted by atomic mass is 79.9. The Morgan fingerprint density at radius 1 is 1.50 bits per heavy atom. The van der Waals surface area contributed by atoms with Crippen LogP contribution in [-0.4, -0.2) is 25.3 Å². The van der Waals surface area contributed by atoms with Crippen LogP contribution in [0.4, 0.5) is 4.39 Å². The first kappa shape index (κ1) is 11.4. The molecule has 14 heavy (non-hydrogen) atoms. The normalized spacial score (nSPS) is 10.2. The van der Waals surface area contributed by atoms with Crippen LogP contribution in [0.25, 0.3) is 0 Å². The molecule has 0 saturated heterocycles. The van der Waals surface area contributed by atoms with Gasteiger partial charge in [0.2, 0.25) is 0 Å². The molecule has 0 saturated carbocycles. The molecule has 0 fully saturated rings. The van der Waals surface area contributed by atoms with E-state index in [0.29, 0.717) is 17.7 Å².